The summed E-state index contributed by atoms with van der Waals surface area (Å²) in [5.74, 6) is 0.706. The molecule has 0 aromatic heterocycles. The van der Waals surface area contributed by atoms with Crippen molar-refractivity contribution in [1.29, 1.82) is 0 Å². The van der Waals surface area contributed by atoms with Gasteiger partial charge in [0.15, 0.2) is 5.96 Å². The molecule has 1 aromatic rings. The Kier molecular flexibility index (Phi) is 12.2. The summed E-state index contributed by atoms with van der Waals surface area (Å²) in [5, 5.41) is 6.28. The molecule has 1 saturated heterocycles. The monoisotopic (exact) mass is 546 g/mol. The van der Waals surface area contributed by atoms with Crippen LogP contribution in [0.5, 0.6) is 0 Å². The summed E-state index contributed by atoms with van der Waals surface area (Å²) in [6.45, 7) is 6.73. The first-order chi connectivity index (χ1) is 14.4. The lowest BCUT2D eigenvalue weighted by molar-refractivity contribution is 0.0913. The third-order valence-electron chi connectivity index (χ3n) is 4.80. The lowest BCUT2D eigenvalue weighted by Gasteiger charge is -2.35. The van der Waals surface area contributed by atoms with Crippen LogP contribution in [0.15, 0.2) is 29.3 Å². The lowest BCUT2D eigenvalue weighted by atomic mass is 10.1. The van der Waals surface area contributed by atoms with Gasteiger partial charge in [-0.3, -0.25) is 9.79 Å². The van der Waals surface area contributed by atoms with E-state index >= 15 is 0 Å². The number of benzene rings is 1. The van der Waals surface area contributed by atoms with Gasteiger partial charge in [0.2, 0.25) is 0 Å². The topological polar surface area (TPSA) is 89.5 Å². The van der Waals surface area contributed by atoms with Crippen LogP contribution in [0.3, 0.4) is 0 Å². The quantitative estimate of drug-likeness (QED) is 0.306. The van der Waals surface area contributed by atoms with Crippen LogP contribution in [0, 0.1) is 0 Å². The van der Waals surface area contributed by atoms with Crippen molar-refractivity contribution in [3.63, 3.8) is 0 Å². The molecule has 0 aliphatic carbocycles. The van der Waals surface area contributed by atoms with Gasteiger partial charge in [-0.1, -0.05) is 12.1 Å². The standard InChI is InChI=1S/C21H34N6O3.HI/c1-5-30-21(29)27-13-11-26(12-14-27)20(22-2)24-16-17-7-6-8-18(15-17)19(28)23-9-10-25(3)4;/h6-8,15H,5,9-14,16H2,1-4H3,(H,22,24)(H,23,28);1H. The van der Waals surface area contributed by atoms with E-state index < -0.39 is 0 Å². The number of carbonyl (C=O) groups is 2. The molecule has 1 aliphatic rings. The van der Waals surface area contributed by atoms with Gasteiger partial charge in [-0.05, 0) is 38.7 Å². The smallest absolute Gasteiger partial charge is 0.409 e. The van der Waals surface area contributed by atoms with Crippen molar-refractivity contribution in [3.8, 4) is 0 Å². The zero-order valence-electron chi connectivity index (χ0n) is 18.9. The molecule has 0 radical (unpaired) electrons. The predicted molar refractivity (Wildman–Crippen MR) is 133 cm³/mol. The first-order valence-corrected chi connectivity index (χ1v) is 10.3. The van der Waals surface area contributed by atoms with Gasteiger partial charge >= 0.3 is 6.09 Å². The highest BCUT2D eigenvalue weighted by Gasteiger charge is 2.23. The normalized spacial score (nSPS) is 14.2. The number of nitrogens with zero attached hydrogens (tertiary/aromatic N) is 4. The average molecular weight is 546 g/mol. The maximum atomic E-state index is 12.3. The fourth-order valence-corrected chi connectivity index (χ4v) is 3.15. The van der Waals surface area contributed by atoms with Crippen molar-refractivity contribution in [2.24, 2.45) is 4.99 Å². The summed E-state index contributed by atoms with van der Waals surface area (Å²) in [7, 11) is 5.69. The number of carbonyl (C=O) groups excluding carboxylic acids is 2. The van der Waals surface area contributed by atoms with Gasteiger partial charge in [0, 0.05) is 58.4 Å². The number of aliphatic imine (C=N–C) groups is 1. The number of likely N-dealkylation sites (N-methyl/N-ethyl adjacent to an activating group) is 1. The van der Waals surface area contributed by atoms with E-state index in [-0.39, 0.29) is 36.0 Å². The Hall–Kier alpha value is -2.08. The minimum absolute atomic E-state index is 0. The number of hydrogen-bond donors (Lipinski definition) is 2. The van der Waals surface area contributed by atoms with Crippen LogP contribution < -0.4 is 10.6 Å². The van der Waals surface area contributed by atoms with Crippen LogP contribution in [0.25, 0.3) is 0 Å². The van der Waals surface area contributed by atoms with Gasteiger partial charge in [-0.25, -0.2) is 4.79 Å². The largest absolute Gasteiger partial charge is 0.450 e. The fraction of sp³-hybridized carbons (Fsp3) is 0.571. The minimum Gasteiger partial charge on any atom is -0.450 e. The Morgan fingerprint density at radius 2 is 1.81 bits per heavy atom. The fourth-order valence-electron chi connectivity index (χ4n) is 3.15. The van der Waals surface area contributed by atoms with Crippen LogP contribution in [0.1, 0.15) is 22.8 Å². The van der Waals surface area contributed by atoms with E-state index in [4.69, 9.17) is 4.74 Å². The second-order valence-electron chi connectivity index (χ2n) is 7.33. The van der Waals surface area contributed by atoms with E-state index in [1.54, 1.807) is 11.9 Å². The predicted octanol–water partition coefficient (Wildman–Crippen LogP) is 1.45. The molecular weight excluding hydrogens is 511 g/mol. The first kappa shape index (κ1) is 27.0. The number of hydrogen-bond acceptors (Lipinski definition) is 5. The summed E-state index contributed by atoms with van der Waals surface area (Å²) >= 11 is 0. The number of guanidine groups is 1. The third-order valence-corrected chi connectivity index (χ3v) is 4.80. The van der Waals surface area contributed by atoms with Crippen molar-refractivity contribution in [2.75, 3.05) is 67.0 Å². The van der Waals surface area contributed by atoms with E-state index in [1.165, 1.54) is 0 Å². The molecule has 31 heavy (non-hydrogen) atoms. The summed E-state index contributed by atoms with van der Waals surface area (Å²) < 4.78 is 5.06. The van der Waals surface area contributed by atoms with Crippen LogP contribution in [0.2, 0.25) is 0 Å². The molecule has 0 unspecified atom stereocenters. The van der Waals surface area contributed by atoms with E-state index in [9.17, 15) is 9.59 Å². The Morgan fingerprint density at radius 1 is 1.13 bits per heavy atom. The molecule has 2 rings (SSSR count). The zero-order valence-corrected chi connectivity index (χ0v) is 21.2. The van der Waals surface area contributed by atoms with E-state index in [2.05, 4.69) is 20.5 Å². The highest BCUT2D eigenvalue weighted by molar-refractivity contribution is 14.0. The van der Waals surface area contributed by atoms with Crippen molar-refractivity contribution in [2.45, 2.75) is 13.5 Å². The Balaban J connectivity index is 0.00000480. The molecule has 2 amide bonds. The van der Waals surface area contributed by atoms with E-state index in [0.717, 1.165) is 18.1 Å². The Bertz CT molecular complexity index is 736. The average Bonchev–Trinajstić information content (AvgIpc) is 2.74. The molecule has 1 fully saturated rings. The molecule has 0 atom stereocenters. The van der Waals surface area contributed by atoms with Crippen LogP contribution in [-0.2, 0) is 11.3 Å². The van der Waals surface area contributed by atoms with Gasteiger partial charge in [-0.2, -0.15) is 0 Å². The van der Waals surface area contributed by atoms with Crippen molar-refractivity contribution in [1.82, 2.24) is 25.3 Å². The molecule has 1 aliphatic heterocycles. The third kappa shape index (κ3) is 8.90. The number of amides is 2. The highest BCUT2D eigenvalue weighted by atomic mass is 127. The summed E-state index contributed by atoms with van der Waals surface area (Å²) in [4.78, 5) is 34.4. The number of piperazine rings is 1. The Morgan fingerprint density at radius 3 is 2.42 bits per heavy atom. The Labute approximate surface area is 202 Å². The summed E-state index contributed by atoms with van der Waals surface area (Å²) in [6.07, 6.45) is -0.263. The molecule has 0 saturated carbocycles. The maximum Gasteiger partial charge on any atom is 0.409 e. The molecule has 10 heteroatoms. The van der Waals surface area contributed by atoms with Gasteiger partial charge in [0.05, 0.1) is 6.61 Å². The zero-order chi connectivity index (χ0) is 21.9. The van der Waals surface area contributed by atoms with Crippen LogP contribution in [-0.4, -0.2) is 99.7 Å². The van der Waals surface area contributed by atoms with Crippen LogP contribution >= 0.6 is 24.0 Å². The molecule has 2 N–H and O–H groups in total. The van der Waals surface area contributed by atoms with Crippen molar-refractivity contribution < 1.29 is 14.3 Å². The number of nitrogens with one attached hydrogen (secondary N) is 2. The number of ether oxygens (including phenoxy) is 1. The number of halogens is 1. The molecule has 0 bridgehead atoms. The molecule has 1 heterocycles. The highest BCUT2D eigenvalue weighted by Crippen LogP contribution is 2.07. The van der Waals surface area contributed by atoms with Gasteiger partial charge in [-0.15, -0.1) is 24.0 Å². The van der Waals surface area contributed by atoms with E-state index in [1.807, 2.05) is 50.2 Å². The van der Waals surface area contributed by atoms with E-state index in [0.29, 0.717) is 51.4 Å². The van der Waals surface area contributed by atoms with Crippen molar-refractivity contribution >= 4 is 41.9 Å². The van der Waals surface area contributed by atoms with Gasteiger partial charge < -0.3 is 30.1 Å². The minimum atomic E-state index is -0.263. The second-order valence-corrected chi connectivity index (χ2v) is 7.33. The molecule has 0 spiro atoms. The summed E-state index contributed by atoms with van der Waals surface area (Å²) in [5.41, 5.74) is 1.65. The van der Waals surface area contributed by atoms with Crippen LogP contribution in [0.4, 0.5) is 4.79 Å². The maximum absolute atomic E-state index is 12.3. The molecular formula is C21H35IN6O3. The molecule has 9 nitrogen and oxygen atoms in total. The molecule has 1 aromatic carbocycles. The lowest BCUT2D eigenvalue weighted by Crippen LogP contribution is -2.53. The van der Waals surface area contributed by atoms with Crippen molar-refractivity contribution in [3.05, 3.63) is 35.4 Å². The molecule has 174 valence electrons. The summed E-state index contributed by atoms with van der Waals surface area (Å²) in [6, 6.07) is 7.58. The second kappa shape index (κ2) is 14.1. The van der Waals surface area contributed by atoms with Gasteiger partial charge in [0.1, 0.15) is 0 Å². The first-order valence-electron chi connectivity index (χ1n) is 10.3. The number of rotatable bonds is 7. The van der Waals surface area contributed by atoms with Gasteiger partial charge in [0.25, 0.3) is 5.91 Å². The SMILES string of the molecule is CCOC(=O)N1CCN(C(=NC)NCc2cccc(C(=O)NCCN(C)C)c2)CC1.I.